The SMILES string of the molecule is CCc1c(NC(=O)OC(C)(C)C)cc(C=O)cc1OC. The third-order valence-corrected chi connectivity index (χ3v) is 2.58. The number of carbonyl (C=O) groups excluding carboxylic acids is 2. The van der Waals surface area contributed by atoms with Crippen LogP contribution in [0.2, 0.25) is 0 Å². The second-order valence-electron chi connectivity index (χ2n) is 5.35. The Morgan fingerprint density at radius 2 is 2.00 bits per heavy atom. The molecule has 0 aliphatic rings. The zero-order valence-corrected chi connectivity index (χ0v) is 12.6. The van der Waals surface area contributed by atoms with Crippen molar-refractivity contribution in [1.29, 1.82) is 0 Å². The number of ether oxygens (including phenoxy) is 2. The molecule has 110 valence electrons. The maximum atomic E-state index is 11.8. The first-order chi connectivity index (χ1) is 9.30. The Balaban J connectivity index is 3.09. The van der Waals surface area contributed by atoms with Gasteiger partial charge in [0, 0.05) is 11.1 Å². The van der Waals surface area contributed by atoms with Gasteiger partial charge in [-0.25, -0.2) is 4.79 Å². The number of carbonyl (C=O) groups is 2. The van der Waals surface area contributed by atoms with Crippen LogP contribution in [0.1, 0.15) is 43.6 Å². The average Bonchev–Trinajstić information content (AvgIpc) is 2.35. The number of rotatable bonds is 4. The molecule has 1 amide bonds. The third kappa shape index (κ3) is 4.26. The number of nitrogens with one attached hydrogen (secondary N) is 1. The summed E-state index contributed by atoms with van der Waals surface area (Å²) in [6.07, 6.45) is 0.813. The predicted molar refractivity (Wildman–Crippen MR) is 77.6 cm³/mol. The molecule has 0 spiro atoms. The fraction of sp³-hybridized carbons (Fsp3) is 0.467. The van der Waals surface area contributed by atoms with Crippen LogP contribution in [-0.2, 0) is 11.2 Å². The molecule has 0 aliphatic carbocycles. The molecule has 0 aliphatic heterocycles. The maximum Gasteiger partial charge on any atom is 0.412 e. The third-order valence-electron chi connectivity index (χ3n) is 2.58. The lowest BCUT2D eigenvalue weighted by Gasteiger charge is -2.21. The molecule has 0 saturated carbocycles. The maximum absolute atomic E-state index is 11.8. The minimum Gasteiger partial charge on any atom is -0.496 e. The molecule has 0 atom stereocenters. The Hall–Kier alpha value is -2.04. The van der Waals surface area contributed by atoms with Gasteiger partial charge in [0.2, 0.25) is 0 Å². The quantitative estimate of drug-likeness (QED) is 0.858. The highest BCUT2D eigenvalue weighted by Gasteiger charge is 2.18. The zero-order chi connectivity index (χ0) is 15.3. The number of methoxy groups -OCH3 is 1. The van der Waals surface area contributed by atoms with E-state index < -0.39 is 11.7 Å². The summed E-state index contributed by atoms with van der Waals surface area (Å²) in [6.45, 7) is 7.31. The van der Waals surface area contributed by atoms with Crippen molar-refractivity contribution in [3.05, 3.63) is 23.3 Å². The molecule has 0 heterocycles. The first kappa shape index (κ1) is 16.0. The number of amides is 1. The van der Waals surface area contributed by atoms with Gasteiger partial charge < -0.3 is 9.47 Å². The lowest BCUT2D eigenvalue weighted by atomic mass is 10.1. The number of hydrogen-bond donors (Lipinski definition) is 1. The molecular weight excluding hydrogens is 258 g/mol. The second-order valence-corrected chi connectivity index (χ2v) is 5.35. The number of hydrogen-bond acceptors (Lipinski definition) is 4. The zero-order valence-electron chi connectivity index (χ0n) is 12.6. The largest absolute Gasteiger partial charge is 0.496 e. The van der Waals surface area contributed by atoms with E-state index in [-0.39, 0.29) is 0 Å². The topological polar surface area (TPSA) is 64.6 Å². The highest BCUT2D eigenvalue weighted by Crippen LogP contribution is 2.29. The van der Waals surface area contributed by atoms with Crippen molar-refractivity contribution in [3.8, 4) is 5.75 Å². The van der Waals surface area contributed by atoms with Crippen molar-refractivity contribution in [2.75, 3.05) is 12.4 Å². The van der Waals surface area contributed by atoms with E-state index in [0.29, 0.717) is 29.7 Å². The van der Waals surface area contributed by atoms with Crippen LogP contribution in [0.4, 0.5) is 10.5 Å². The summed E-state index contributed by atoms with van der Waals surface area (Å²) < 4.78 is 10.5. The van der Waals surface area contributed by atoms with Gasteiger partial charge in [-0.05, 0) is 39.3 Å². The smallest absolute Gasteiger partial charge is 0.412 e. The van der Waals surface area contributed by atoms with Crippen LogP contribution in [0.5, 0.6) is 5.75 Å². The molecule has 0 saturated heterocycles. The van der Waals surface area contributed by atoms with Crippen LogP contribution in [0, 0.1) is 0 Å². The molecule has 0 aromatic heterocycles. The van der Waals surface area contributed by atoms with Crippen LogP contribution in [-0.4, -0.2) is 25.1 Å². The summed E-state index contributed by atoms with van der Waals surface area (Å²) in [4.78, 5) is 22.8. The number of anilines is 1. The summed E-state index contributed by atoms with van der Waals surface area (Å²) in [7, 11) is 1.53. The van der Waals surface area contributed by atoms with E-state index in [0.717, 1.165) is 5.56 Å². The van der Waals surface area contributed by atoms with Crippen molar-refractivity contribution in [3.63, 3.8) is 0 Å². The number of aldehydes is 1. The van der Waals surface area contributed by atoms with Crippen molar-refractivity contribution < 1.29 is 19.1 Å². The van der Waals surface area contributed by atoms with Gasteiger partial charge in [0.15, 0.2) is 0 Å². The fourth-order valence-electron chi connectivity index (χ4n) is 1.81. The predicted octanol–water partition coefficient (Wildman–Crippen LogP) is 3.42. The van der Waals surface area contributed by atoms with Gasteiger partial charge in [-0.1, -0.05) is 6.92 Å². The summed E-state index contributed by atoms with van der Waals surface area (Å²) in [5.74, 6) is 0.572. The van der Waals surface area contributed by atoms with Crippen molar-refractivity contribution >= 4 is 18.1 Å². The summed E-state index contributed by atoms with van der Waals surface area (Å²) in [5.41, 5.74) is 1.21. The Labute approximate surface area is 119 Å². The lowest BCUT2D eigenvalue weighted by Crippen LogP contribution is -2.27. The van der Waals surface area contributed by atoms with E-state index in [1.165, 1.54) is 7.11 Å². The summed E-state index contributed by atoms with van der Waals surface area (Å²) in [6, 6.07) is 3.25. The van der Waals surface area contributed by atoms with E-state index in [1.54, 1.807) is 32.9 Å². The van der Waals surface area contributed by atoms with Gasteiger partial charge in [0.05, 0.1) is 12.8 Å². The lowest BCUT2D eigenvalue weighted by molar-refractivity contribution is 0.0635. The first-order valence-corrected chi connectivity index (χ1v) is 6.46. The Bertz CT molecular complexity index is 503. The van der Waals surface area contributed by atoms with Gasteiger partial charge in [-0.3, -0.25) is 10.1 Å². The van der Waals surface area contributed by atoms with Crippen molar-refractivity contribution in [1.82, 2.24) is 0 Å². The van der Waals surface area contributed by atoms with Gasteiger partial charge in [-0.2, -0.15) is 0 Å². The minimum atomic E-state index is -0.581. The van der Waals surface area contributed by atoms with Crippen molar-refractivity contribution in [2.45, 2.75) is 39.7 Å². The molecule has 1 aromatic rings. The molecule has 5 nitrogen and oxygen atoms in total. The monoisotopic (exact) mass is 279 g/mol. The molecule has 1 aromatic carbocycles. The average molecular weight is 279 g/mol. The molecule has 1 rings (SSSR count). The van der Waals surface area contributed by atoms with E-state index in [4.69, 9.17) is 9.47 Å². The normalized spacial score (nSPS) is 10.8. The highest BCUT2D eigenvalue weighted by molar-refractivity contribution is 5.89. The van der Waals surface area contributed by atoms with Gasteiger partial charge >= 0.3 is 6.09 Å². The minimum absolute atomic E-state index is 0.435. The van der Waals surface area contributed by atoms with Crippen molar-refractivity contribution in [2.24, 2.45) is 0 Å². The molecular formula is C15H21NO4. The molecule has 5 heteroatoms. The van der Waals surface area contributed by atoms with E-state index >= 15 is 0 Å². The van der Waals surface area contributed by atoms with Gasteiger partial charge in [0.1, 0.15) is 17.6 Å². The Kier molecular flexibility index (Phi) is 5.13. The first-order valence-electron chi connectivity index (χ1n) is 6.46. The molecule has 0 bridgehead atoms. The molecule has 0 fully saturated rings. The van der Waals surface area contributed by atoms with Crippen LogP contribution in [0.15, 0.2) is 12.1 Å². The van der Waals surface area contributed by atoms with Crippen LogP contribution in [0.3, 0.4) is 0 Å². The van der Waals surface area contributed by atoms with E-state index in [1.807, 2.05) is 6.92 Å². The fourth-order valence-corrected chi connectivity index (χ4v) is 1.81. The van der Waals surface area contributed by atoms with Gasteiger partial charge in [-0.15, -0.1) is 0 Å². The summed E-state index contributed by atoms with van der Waals surface area (Å²) in [5, 5.41) is 2.67. The molecule has 20 heavy (non-hydrogen) atoms. The summed E-state index contributed by atoms with van der Waals surface area (Å²) >= 11 is 0. The molecule has 0 unspecified atom stereocenters. The van der Waals surface area contributed by atoms with E-state index in [9.17, 15) is 9.59 Å². The Morgan fingerprint density at radius 3 is 2.45 bits per heavy atom. The standard InChI is InChI=1S/C15H21NO4/c1-6-11-12(16-14(18)20-15(2,3)4)7-10(9-17)8-13(11)19-5/h7-9H,6H2,1-5H3,(H,16,18). The van der Waals surface area contributed by atoms with E-state index in [2.05, 4.69) is 5.32 Å². The number of benzene rings is 1. The van der Waals surface area contributed by atoms with Crippen LogP contribution >= 0.6 is 0 Å². The molecule has 0 radical (unpaired) electrons. The van der Waals surface area contributed by atoms with Gasteiger partial charge in [0.25, 0.3) is 0 Å². The Morgan fingerprint density at radius 1 is 1.35 bits per heavy atom. The second kappa shape index (κ2) is 6.41. The highest BCUT2D eigenvalue weighted by atomic mass is 16.6. The molecule has 1 N–H and O–H groups in total. The van der Waals surface area contributed by atoms with Crippen LogP contribution in [0.25, 0.3) is 0 Å². The van der Waals surface area contributed by atoms with Crippen LogP contribution < -0.4 is 10.1 Å².